The Hall–Kier alpha value is -0.950. The highest BCUT2D eigenvalue weighted by Gasteiger charge is 2.90. The summed E-state index contributed by atoms with van der Waals surface area (Å²) >= 11 is 0. The van der Waals surface area contributed by atoms with Crippen LogP contribution in [0.15, 0.2) is 0 Å². The van der Waals surface area contributed by atoms with Gasteiger partial charge in [-0.05, 0) is 6.92 Å². The van der Waals surface area contributed by atoms with Gasteiger partial charge in [0, 0.05) is 0 Å². The topological polar surface area (TPSA) is 20.2 Å². The highest BCUT2D eigenvalue weighted by atomic mass is 19.4. The molecule has 0 bridgehead atoms. The Balaban J connectivity index is 6.24. The van der Waals surface area contributed by atoms with Crippen molar-refractivity contribution in [1.29, 1.82) is 0 Å². The van der Waals surface area contributed by atoms with Crippen molar-refractivity contribution in [3.05, 3.63) is 0 Å². The van der Waals surface area contributed by atoms with Crippen LogP contribution in [0.4, 0.5) is 57.1 Å². The van der Waals surface area contributed by atoms with Crippen molar-refractivity contribution in [2.24, 2.45) is 0 Å². The van der Waals surface area contributed by atoms with E-state index in [1.165, 1.54) is 0 Å². The molecule has 0 rings (SSSR count). The van der Waals surface area contributed by atoms with Gasteiger partial charge in [0.15, 0.2) is 6.17 Å². The number of hydrogen-bond acceptors (Lipinski definition) is 1. The molecule has 0 aromatic carbocycles. The van der Waals surface area contributed by atoms with Crippen LogP contribution in [0.3, 0.4) is 0 Å². The Bertz CT molecular complexity index is 407. The second kappa shape index (κ2) is 5.03. The predicted octanol–water partition coefficient (Wildman–Crippen LogP) is 4.11. The Morgan fingerprint density at radius 1 is 0.591 bits per heavy atom. The van der Waals surface area contributed by atoms with Gasteiger partial charge in [-0.25, -0.2) is 4.39 Å². The molecule has 1 atom stereocenters. The highest BCUT2D eigenvalue weighted by molar-refractivity contribution is 5.11. The van der Waals surface area contributed by atoms with Crippen LogP contribution < -0.4 is 0 Å². The van der Waals surface area contributed by atoms with E-state index in [1.807, 2.05) is 0 Å². The zero-order chi connectivity index (χ0) is 18.6. The summed E-state index contributed by atoms with van der Waals surface area (Å²) in [5, 5.41) is 7.42. The molecule has 0 aliphatic rings. The van der Waals surface area contributed by atoms with E-state index >= 15 is 0 Å². The fourth-order valence-corrected chi connectivity index (χ4v) is 1.04. The molecule has 0 spiro atoms. The van der Waals surface area contributed by atoms with Gasteiger partial charge in [-0.1, -0.05) is 0 Å². The van der Waals surface area contributed by atoms with Crippen LogP contribution in [0.25, 0.3) is 0 Å². The fourth-order valence-electron chi connectivity index (χ4n) is 1.04. The molecular formula is C8H5F13O. The Morgan fingerprint density at radius 2 is 0.864 bits per heavy atom. The summed E-state index contributed by atoms with van der Waals surface area (Å²) in [4.78, 5) is 0. The molecule has 0 heterocycles. The number of aliphatic hydroxyl groups is 1. The van der Waals surface area contributed by atoms with Crippen molar-refractivity contribution in [2.75, 3.05) is 0 Å². The fraction of sp³-hybridized carbons (Fsp3) is 1.00. The molecule has 0 aromatic rings. The molecule has 134 valence electrons. The van der Waals surface area contributed by atoms with Crippen molar-refractivity contribution in [2.45, 2.75) is 48.8 Å². The van der Waals surface area contributed by atoms with Crippen LogP contribution in [-0.4, -0.2) is 47.0 Å². The van der Waals surface area contributed by atoms with E-state index in [1.54, 1.807) is 0 Å². The first kappa shape index (κ1) is 21.0. The van der Waals surface area contributed by atoms with Gasteiger partial charge in [0.05, 0.1) is 0 Å². The van der Waals surface area contributed by atoms with Gasteiger partial charge < -0.3 is 5.11 Å². The third-order valence-corrected chi connectivity index (χ3v) is 2.48. The largest absolute Gasteiger partial charge is 0.423 e. The van der Waals surface area contributed by atoms with E-state index in [0.29, 0.717) is 0 Å². The monoisotopic (exact) mass is 364 g/mol. The quantitative estimate of drug-likeness (QED) is 0.704. The maximum atomic E-state index is 12.8. The van der Waals surface area contributed by atoms with E-state index in [9.17, 15) is 57.1 Å². The van der Waals surface area contributed by atoms with Crippen molar-refractivity contribution >= 4 is 0 Å². The van der Waals surface area contributed by atoms with Crippen LogP contribution in [0, 0.1) is 0 Å². The SMILES string of the molecule is CC(F)C(F)(F)C(F)(F)C(F)(F)C(F)(F)C(F)(F)C(O)(F)F. The lowest BCUT2D eigenvalue weighted by molar-refractivity contribution is -0.453. The zero-order valence-corrected chi connectivity index (χ0v) is 9.94. The Kier molecular flexibility index (Phi) is 4.81. The normalized spacial score (nSPS) is 17.6. The molecule has 22 heavy (non-hydrogen) atoms. The maximum Gasteiger partial charge on any atom is 0.423 e. The lowest BCUT2D eigenvalue weighted by atomic mass is 9.92. The first-order valence-electron chi connectivity index (χ1n) is 4.83. The molecule has 0 amide bonds. The zero-order valence-electron chi connectivity index (χ0n) is 9.94. The third kappa shape index (κ3) is 2.48. The molecule has 1 N–H and O–H groups in total. The van der Waals surface area contributed by atoms with Gasteiger partial charge in [-0.2, -0.15) is 52.7 Å². The number of halogens is 13. The summed E-state index contributed by atoms with van der Waals surface area (Å²) < 4.78 is 162. The van der Waals surface area contributed by atoms with E-state index in [4.69, 9.17) is 5.11 Å². The summed E-state index contributed by atoms with van der Waals surface area (Å²) in [5.41, 5.74) is 0. The van der Waals surface area contributed by atoms with Gasteiger partial charge in [-0.15, -0.1) is 0 Å². The van der Waals surface area contributed by atoms with Crippen LogP contribution in [0.5, 0.6) is 0 Å². The molecule has 0 aliphatic heterocycles. The minimum Gasteiger partial charge on any atom is -0.331 e. The average molecular weight is 364 g/mol. The van der Waals surface area contributed by atoms with Gasteiger partial charge in [0.25, 0.3) is 0 Å². The summed E-state index contributed by atoms with van der Waals surface area (Å²) in [6.45, 7) is -0.485. The van der Waals surface area contributed by atoms with E-state index in [2.05, 4.69) is 0 Å². The standard InChI is InChI=1S/C8H5F13O/c1-2(9)3(10,11)4(12,13)5(14,15)6(16,17)7(18,19)8(20,21)22/h2,22H,1H3. The van der Waals surface area contributed by atoms with E-state index < -0.39 is 48.8 Å². The average Bonchev–Trinajstić information content (AvgIpc) is 2.25. The molecule has 0 aliphatic carbocycles. The van der Waals surface area contributed by atoms with Gasteiger partial charge in [-0.3, -0.25) is 0 Å². The smallest absolute Gasteiger partial charge is 0.331 e. The third-order valence-electron chi connectivity index (χ3n) is 2.48. The highest BCUT2D eigenvalue weighted by Crippen LogP contribution is 2.60. The molecule has 14 heteroatoms. The molecule has 1 unspecified atom stereocenters. The number of hydrogen-bond donors (Lipinski definition) is 1. The number of rotatable bonds is 6. The van der Waals surface area contributed by atoms with E-state index in [-0.39, 0.29) is 0 Å². The molecule has 0 aromatic heterocycles. The number of alkyl halides is 13. The molecular weight excluding hydrogens is 359 g/mol. The minimum absolute atomic E-state index is 0.485. The second-order valence-electron chi connectivity index (χ2n) is 4.08. The van der Waals surface area contributed by atoms with Gasteiger partial charge in [0.1, 0.15) is 0 Å². The minimum atomic E-state index is -7.86. The lowest BCUT2D eigenvalue weighted by Crippen LogP contribution is -2.71. The molecule has 1 nitrogen and oxygen atoms in total. The van der Waals surface area contributed by atoms with Crippen molar-refractivity contribution < 1.29 is 62.2 Å². The van der Waals surface area contributed by atoms with Crippen LogP contribution in [0.1, 0.15) is 6.92 Å². The molecule has 0 saturated heterocycles. The lowest BCUT2D eigenvalue weighted by Gasteiger charge is -2.40. The van der Waals surface area contributed by atoms with Crippen LogP contribution >= 0.6 is 0 Å². The second-order valence-corrected chi connectivity index (χ2v) is 4.08. The maximum absolute atomic E-state index is 12.8. The first-order chi connectivity index (χ1) is 9.19. The summed E-state index contributed by atoms with van der Waals surface area (Å²) in [5.74, 6) is -37.4. The van der Waals surface area contributed by atoms with Crippen LogP contribution in [0.2, 0.25) is 0 Å². The Labute approximate surface area is 112 Å². The summed E-state index contributed by atoms with van der Waals surface area (Å²) in [6, 6.07) is 0. The summed E-state index contributed by atoms with van der Waals surface area (Å²) in [7, 11) is 0. The predicted molar refractivity (Wildman–Crippen MR) is 42.5 cm³/mol. The Morgan fingerprint density at radius 3 is 1.09 bits per heavy atom. The first-order valence-corrected chi connectivity index (χ1v) is 4.83. The van der Waals surface area contributed by atoms with Gasteiger partial charge >= 0.3 is 35.7 Å². The van der Waals surface area contributed by atoms with Crippen molar-refractivity contribution in [3.8, 4) is 0 Å². The van der Waals surface area contributed by atoms with Crippen molar-refractivity contribution in [1.82, 2.24) is 0 Å². The van der Waals surface area contributed by atoms with Crippen LogP contribution in [-0.2, 0) is 0 Å². The van der Waals surface area contributed by atoms with Crippen molar-refractivity contribution in [3.63, 3.8) is 0 Å². The summed E-state index contributed by atoms with van der Waals surface area (Å²) in [6.07, 6.45) is -11.2. The molecule has 0 fully saturated rings. The molecule has 0 saturated carbocycles. The van der Waals surface area contributed by atoms with E-state index in [0.717, 1.165) is 0 Å². The molecule has 0 radical (unpaired) electrons. The van der Waals surface area contributed by atoms with Gasteiger partial charge in [0.2, 0.25) is 0 Å².